The number of aromatic nitrogens is 2. The van der Waals surface area contributed by atoms with Crippen LogP contribution in [-0.4, -0.2) is 22.3 Å². The van der Waals surface area contributed by atoms with E-state index in [9.17, 15) is 4.39 Å². The molecule has 112 valence electrons. The number of hydrogen-bond acceptors (Lipinski definition) is 4. The third-order valence-corrected chi connectivity index (χ3v) is 3.84. The van der Waals surface area contributed by atoms with Crippen LogP contribution in [0.2, 0.25) is 0 Å². The van der Waals surface area contributed by atoms with E-state index in [0.717, 1.165) is 22.7 Å². The van der Waals surface area contributed by atoms with Gasteiger partial charge in [0.1, 0.15) is 23.0 Å². The maximum Gasteiger partial charge on any atom is 0.129 e. The minimum atomic E-state index is -0.460. The Kier molecular flexibility index (Phi) is 3.33. The molecule has 0 radical (unpaired) electrons. The summed E-state index contributed by atoms with van der Waals surface area (Å²) in [5.41, 5.74) is 6.97. The standard InChI is InChI=1S/C15H19FN4O/c1-9(19-13-3-4-18-20-13)12-6-11(16)5-10-7-15(2,8-17)21-14(10)12/h3-6,9H,7-8,17H2,1-2H3,(H2,18,19,20). The summed E-state index contributed by atoms with van der Waals surface area (Å²) in [6.07, 6.45) is 2.29. The summed E-state index contributed by atoms with van der Waals surface area (Å²) in [6, 6.07) is 4.74. The molecule has 1 aliphatic heterocycles. The normalized spacial score (nSPS) is 21.7. The van der Waals surface area contributed by atoms with Crippen LogP contribution in [-0.2, 0) is 6.42 Å². The van der Waals surface area contributed by atoms with E-state index in [0.29, 0.717) is 13.0 Å². The molecule has 0 amide bonds. The van der Waals surface area contributed by atoms with Crippen molar-refractivity contribution in [3.8, 4) is 5.75 Å². The molecule has 2 unspecified atom stereocenters. The molecule has 0 saturated heterocycles. The van der Waals surface area contributed by atoms with Crippen molar-refractivity contribution in [2.24, 2.45) is 5.73 Å². The molecule has 4 N–H and O–H groups in total. The molecular weight excluding hydrogens is 271 g/mol. The number of benzene rings is 1. The molecule has 2 aromatic rings. The van der Waals surface area contributed by atoms with Gasteiger partial charge in [-0.15, -0.1) is 0 Å². The average Bonchev–Trinajstić information content (AvgIpc) is 3.05. The van der Waals surface area contributed by atoms with Crippen molar-refractivity contribution in [3.05, 3.63) is 41.3 Å². The Morgan fingerprint density at radius 1 is 1.57 bits per heavy atom. The van der Waals surface area contributed by atoms with E-state index < -0.39 is 5.60 Å². The maximum atomic E-state index is 13.9. The molecular formula is C15H19FN4O. The number of H-pyrrole nitrogens is 1. The molecule has 0 spiro atoms. The van der Waals surface area contributed by atoms with Gasteiger partial charge in [0.05, 0.1) is 12.2 Å². The number of fused-ring (bicyclic) bond motifs is 1. The molecule has 6 heteroatoms. The lowest BCUT2D eigenvalue weighted by molar-refractivity contribution is 0.124. The van der Waals surface area contributed by atoms with Crippen molar-refractivity contribution >= 4 is 5.82 Å². The Morgan fingerprint density at radius 2 is 2.38 bits per heavy atom. The van der Waals surface area contributed by atoms with Crippen molar-refractivity contribution in [2.45, 2.75) is 31.9 Å². The molecule has 21 heavy (non-hydrogen) atoms. The van der Waals surface area contributed by atoms with Crippen LogP contribution in [0, 0.1) is 5.82 Å². The van der Waals surface area contributed by atoms with Gasteiger partial charge in [0.25, 0.3) is 0 Å². The second-order valence-corrected chi connectivity index (χ2v) is 5.75. The summed E-state index contributed by atoms with van der Waals surface area (Å²) in [6.45, 7) is 4.30. The van der Waals surface area contributed by atoms with Crippen LogP contribution in [0.4, 0.5) is 10.2 Å². The largest absolute Gasteiger partial charge is 0.485 e. The van der Waals surface area contributed by atoms with E-state index in [-0.39, 0.29) is 11.9 Å². The van der Waals surface area contributed by atoms with Crippen LogP contribution in [0.15, 0.2) is 24.4 Å². The monoisotopic (exact) mass is 290 g/mol. The fourth-order valence-corrected chi connectivity index (χ4v) is 2.70. The number of nitrogens with one attached hydrogen (secondary N) is 2. The average molecular weight is 290 g/mol. The number of nitrogens with zero attached hydrogens (tertiary/aromatic N) is 1. The first-order valence-corrected chi connectivity index (χ1v) is 6.98. The maximum absolute atomic E-state index is 13.9. The molecule has 0 fully saturated rings. The number of hydrogen-bond donors (Lipinski definition) is 3. The van der Waals surface area contributed by atoms with Crippen molar-refractivity contribution in [2.75, 3.05) is 11.9 Å². The minimum absolute atomic E-state index is 0.116. The highest BCUT2D eigenvalue weighted by Gasteiger charge is 2.36. The first-order chi connectivity index (χ1) is 10.0. The lowest BCUT2D eigenvalue weighted by Crippen LogP contribution is -2.39. The van der Waals surface area contributed by atoms with Crippen LogP contribution in [0.25, 0.3) is 0 Å². The van der Waals surface area contributed by atoms with Gasteiger partial charge in [0.15, 0.2) is 0 Å². The number of halogens is 1. The van der Waals surface area contributed by atoms with E-state index >= 15 is 0 Å². The van der Waals surface area contributed by atoms with E-state index in [1.807, 2.05) is 19.9 Å². The van der Waals surface area contributed by atoms with Crippen molar-refractivity contribution in [3.63, 3.8) is 0 Å². The van der Waals surface area contributed by atoms with Crippen molar-refractivity contribution in [1.82, 2.24) is 10.2 Å². The number of anilines is 1. The Bertz CT molecular complexity index is 643. The fourth-order valence-electron chi connectivity index (χ4n) is 2.70. The molecule has 2 atom stereocenters. The highest BCUT2D eigenvalue weighted by molar-refractivity contribution is 5.50. The topological polar surface area (TPSA) is 76.0 Å². The molecule has 1 aromatic heterocycles. The summed E-state index contributed by atoms with van der Waals surface area (Å²) in [5.74, 6) is 1.26. The number of nitrogens with two attached hydrogens (primary N) is 1. The van der Waals surface area contributed by atoms with Crippen molar-refractivity contribution in [1.29, 1.82) is 0 Å². The van der Waals surface area contributed by atoms with Gasteiger partial charge in [-0.2, -0.15) is 5.10 Å². The van der Waals surface area contributed by atoms with Gasteiger partial charge < -0.3 is 15.8 Å². The molecule has 0 aliphatic carbocycles. The van der Waals surface area contributed by atoms with Crippen LogP contribution in [0.3, 0.4) is 0 Å². The van der Waals surface area contributed by atoms with Gasteiger partial charge in [0, 0.05) is 24.1 Å². The van der Waals surface area contributed by atoms with Gasteiger partial charge in [-0.1, -0.05) is 0 Å². The lowest BCUT2D eigenvalue weighted by atomic mass is 9.97. The zero-order chi connectivity index (χ0) is 15.0. The predicted molar refractivity (Wildman–Crippen MR) is 78.8 cm³/mol. The van der Waals surface area contributed by atoms with Crippen LogP contribution >= 0.6 is 0 Å². The highest BCUT2D eigenvalue weighted by Crippen LogP contribution is 2.41. The number of aromatic amines is 1. The fraction of sp³-hybridized carbons (Fsp3) is 0.400. The summed E-state index contributed by atoms with van der Waals surface area (Å²) in [7, 11) is 0. The van der Waals surface area contributed by atoms with Crippen LogP contribution in [0.1, 0.15) is 31.0 Å². The van der Waals surface area contributed by atoms with E-state index in [2.05, 4.69) is 15.5 Å². The molecule has 3 rings (SSSR count). The van der Waals surface area contributed by atoms with Gasteiger partial charge >= 0.3 is 0 Å². The molecule has 0 bridgehead atoms. The zero-order valence-corrected chi connectivity index (χ0v) is 12.1. The van der Waals surface area contributed by atoms with E-state index in [4.69, 9.17) is 10.5 Å². The van der Waals surface area contributed by atoms with E-state index in [1.54, 1.807) is 6.20 Å². The molecule has 5 nitrogen and oxygen atoms in total. The lowest BCUT2D eigenvalue weighted by Gasteiger charge is -2.23. The van der Waals surface area contributed by atoms with Gasteiger partial charge in [0.2, 0.25) is 0 Å². The SMILES string of the molecule is CC(Nc1ccn[nH]1)c1cc(F)cc2c1OC(C)(CN)C2. The molecule has 2 heterocycles. The van der Waals surface area contributed by atoms with Crippen LogP contribution < -0.4 is 15.8 Å². The molecule has 0 saturated carbocycles. The summed E-state index contributed by atoms with van der Waals surface area (Å²) in [5, 5.41) is 9.96. The predicted octanol–water partition coefficient (Wildman–Crippen LogP) is 2.37. The van der Waals surface area contributed by atoms with Gasteiger partial charge in [-0.3, -0.25) is 5.10 Å². The Morgan fingerprint density at radius 3 is 3.05 bits per heavy atom. The third kappa shape index (κ3) is 2.58. The second kappa shape index (κ2) is 5.04. The van der Waals surface area contributed by atoms with Crippen molar-refractivity contribution < 1.29 is 9.13 Å². The van der Waals surface area contributed by atoms with Gasteiger partial charge in [-0.05, 0) is 32.0 Å². The van der Waals surface area contributed by atoms with E-state index in [1.165, 1.54) is 12.1 Å². The summed E-state index contributed by atoms with van der Waals surface area (Å²) in [4.78, 5) is 0. The second-order valence-electron chi connectivity index (χ2n) is 5.75. The highest BCUT2D eigenvalue weighted by atomic mass is 19.1. The Labute approximate surface area is 122 Å². The summed E-state index contributed by atoms with van der Waals surface area (Å²) < 4.78 is 19.9. The Hall–Kier alpha value is -2.08. The number of ether oxygens (including phenoxy) is 1. The smallest absolute Gasteiger partial charge is 0.129 e. The zero-order valence-electron chi connectivity index (χ0n) is 12.1. The third-order valence-electron chi connectivity index (χ3n) is 3.84. The first-order valence-electron chi connectivity index (χ1n) is 6.98. The Balaban J connectivity index is 1.93. The minimum Gasteiger partial charge on any atom is -0.485 e. The summed E-state index contributed by atoms with van der Waals surface area (Å²) >= 11 is 0. The number of rotatable bonds is 4. The van der Waals surface area contributed by atoms with Gasteiger partial charge in [-0.25, -0.2) is 4.39 Å². The first kappa shape index (κ1) is 13.9. The quantitative estimate of drug-likeness (QED) is 0.808. The molecule has 1 aliphatic rings. The molecule has 1 aromatic carbocycles. The van der Waals surface area contributed by atoms with Crippen LogP contribution in [0.5, 0.6) is 5.75 Å².